The highest BCUT2D eigenvalue weighted by atomic mass is 19.1. The Kier molecular flexibility index (Phi) is 3.38. The van der Waals surface area contributed by atoms with Crippen molar-refractivity contribution in [2.24, 2.45) is 5.73 Å². The zero-order valence-electron chi connectivity index (χ0n) is 7.63. The van der Waals surface area contributed by atoms with Gasteiger partial charge in [-0.05, 0) is 17.7 Å². The van der Waals surface area contributed by atoms with Crippen molar-refractivity contribution in [2.75, 3.05) is 13.7 Å². The Bertz CT molecular complexity index is 308. The number of nitrogens with two attached hydrogens (primary N) is 1. The lowest BCUT2D eigenvalue weighted by atomic mass is 10.1. The zero-order chi connectivity index (χ0) is 10.7. The van der Waals surface area contributed by atoms with E-state index in [0.29, 0.717) is 0 Å². The maximum absolute atomic E-state index is 13.1. The molecule has 3 nitrogen and oxygen atoms in total. The molecule has 0 saturated carbocycles. The maximum atomic E-state index is 13.1. The Morgan fingerprint density at radius 1 is 1.43 bits per heavy atom. The van der Waals surface area contributed by atoms with E-state index in [1.807, 2.05) is 0 Å². The van der Waals surface area contributed by atoms with Gasteiger partial charge in [-0.1, -0.05) is 0 Å². The van der Waals surface area contributed by atoms with Crippen molar-refractivity contribution in [2.45, 2.75) is 6.04 Å². The molecule has 0 spiro atoms. The first-order valence-corrected chi connectivity index (χ1v) is 3.99. The molecule has 0 aromatic heterocycles. The van der Waals surface area contributed by atoms with Crippen LogP contribution in [0.25, 0.3) is 0 Å². The monoisotopic (exact) mass is 203 g/mol. The fraction of sp³-hybridized carbons (Fsp3) is 0.333. The van der Waals surface area contributed by atoms with E-state index in [2.05, 4.69) is 4.74 Å². The molecule has 78 valence electrons. The second-order valence-corrected chi connectivity index (χ2v) is 2.81. The first-order valence-electron chi connectivity index (χ1n) is 3.99. The van der Waals surface area contributed by atoms with Gasteiger partial charge in [-0.3, -0.25) is 0 Å². The second kappa shape index (κ2) is 4.34. The highest BCUT2D eigenvalue weighted by Gasteiger charge is 2.14. The molecule has 0 fully saturated rings. The van der Waals surface area contributed by atoms with Crippen LogP contribution in [-0.2, 0) is 0 Å². The number of methoxy groups -OCH3 is 1. The van der Waals surface area contributed by atoms with Gasteiger partial charge in [0.25, 0.3) is 0 Å². The Morgan fingerprint density at radius 2 is 1.93 bits per heavy atom. The number of hydrogen-bond acceptors (Lipinski definition) is 3. The van der Waals surface area contributed by atoms with Crippen molar-refractivity contribution in [3.63, 3.8) is 0 Å². The summed E-state index contributed by atoms with van der Waals surface area (Å²) in [5, 5.41) is 8.70. The van der Waals surface area contributed by atoms with E-state index in [9.17, 15) is 8.78 Å². The predicted molar refractivity (Wildman–Crippen MR) is 46.9 cm³/mol. The molecule has 0 heterocycles. The molecule has 1 unspecified atom stereocenters. The minimum Gasteiger partial charge on any atom is -0.491 e. The van der Waals surface area contributed by atoms with Gasteiger partial charge in [0.2, 0.25) is 0 Å². The van der Waals surface area contributed by atoms with Crippen molar-refractivity contribution in [3.05, 3.63) is 29.3 Å². The lowest BCUT2D eigenvalue weighted by Gasteiger charge is -2.10. The molecular formula is C9H11F2NO2. The van der Waals surface area contributed by atoms with E-state index in [0.717, 1.165) is 12.1 Å². The van der Waals surface area contributed by atoms with Gasteiger partial charge in [0.15, 0.2) is 17.4 Å². The van der Waals surface area contributed by atoms with Crippen molar-refractivity contribution in [1.82, 2.24) is 0 Å². The van der Waals surface area contributed by atoms with E-state index < -0.39 is 23.4 Å². The van der Waals surface area contributed by atoms with Gasteiger partial charge in [0, 0.05) is 0 Å². The first kappa shape index (κ1) is 10.9. The van der Waals surface area contributed by atoms with Crippen LogP contribution in [-0.4, -0.2) is 18.8 Å². The first-order chi connectivity index (χ1) is 6.60. The van der Waals surface area contributed by atoms with Crippen LogP contribution < -0.4 is 10.5 Å². The van der Waals surface area contributed by atoms with Crippen molar-refractivity contribution < 1.29 is 18.6 Å². The predicted octanol–water partition coefficient (Wildman–Crippen LogP) is 0.966. The quantitative estimate of drug-likeness (QED) is 0.769. The Morgan fingerprint density at radius 3 is 2.29 bits per heavy atom. The zero-order valence-corrected chi connectivity index (χ0v) is 7.63. The highest BCUT2D eigenvalue weighted by Crippen LogP contribution is 2.24. The number of ether oxygens (including phenoxy) is 1. The lowest BCUT2D eigenvalue weighted by molar-refractivity contribution is 0.267. The highest BCUT2D eigenvalue weighted by molar-refractivity contribution is 5.32. The van der Waals surface area contributed by atoms with Gasteiger partial charge >= 0.3 is 0 Å². The van der Waals surface area contributed by atoms with Crippen molar-refractivity contribution in [3.8, 4) is 5.75 Å². The molecule has 5 heteroatoms. The molecule has 0 radical (unpaired) electrons. The molecule has 0 aliphatic carbocycles. The van der Waals surface area contributed by atoms with Gasteiger partial charge in [-0.25, -0.2) is 8.78 Å². The molecule has 0 amide bonds. The van der Waals surface area contributed by atoms with E-state index in [1.165, 1.54) is 7.11 Å². The van der Waals surface area contributed by atoms with Gasteiger partial charge in [0.1, 0.15) is 0 Å². The molecule has 1 atom stereocenters. The molecule has 14 heavy (non-hydrogen) atoms. The van der Waals surface area contributed by atoms with Gasteiger partial charge in [0.05, 0.1) is 19.8 Å². The summed E-state index contributed by atoms with van der Waals surface area (Å²) in [4.78, 5) is 0. The summed E-state index contributed by atoms with van der Waals surface area (Å²) in [6, 6.07) is 1.30. The van der Waals surface area contributed by atoms with E-state index in [-0.39, 0.29) is 12.2 Å². The van der Waals surface area contributed by atoms with Crippen LogP contribution in [0.4, 0.5) is 8.78 Å². The Labute approximate surface area is 80.1 Å². The average Bonchev–Trinajstić information content (AvgIpc) is 2.16. The normalized spacial score (nSPS) is 12.6. The van der Waals surface area contributed by atoms with Gasteiger partial charge in [-0.2, -0.15) is 0 Å². The number of halogens is 2. The molecule has 1 aromatic rings. The van der Waals surface area contributed by atoms with Crippen LogP contribution in [0.15, 0.2) is 12.1 Å². The van der Waals surface area contributed by atoms with Gasteiger partial charge in [-0.15, -0.1) is 0 Å². The number of aliphatic hydroxyl groups is 1. The second-order valence-electron chi connectivity index (χ2n) is 2.81. The number of benzene rings is 1. The van der Waals surface area contributed by atoms with Gasteiger partial charge < -0.3 is 15.6 Å². The van der Waals surface area contributed by atoms with Crippen molar-refractivity contribution in [1.29, 1.82) is 0 Å². The van der Waals surface area contributed by atoms with Crippen LogP contribution >= 0.6 is 0 Å². The number of rotatable bonds is 3. The fourth-order valence-corrected chi connectivity index (χ4v) is 1.09. The standard InChI is InChI=1S/C9H11F2NO2/c1-14-9-6(10)2-5(3-7(9)11)8(12)4-13/h2-3,8,13H,4,12H2,1H3. The molecular weight excluding hydrogens is 192 g/mol. The summed E-state index contributed by atoms with van der Waals surface area (Å²) in [7, 11) is 1.17. The minimum atomic E-state index is -0.827. The maximum Gasteiger partial charge on any atom is 0.190 e. The molecule has 0 aliphatic rings. The Balaban J connectivity index is 3.13. The van der Waals surface area contributed by atoms with Crippen LogP contribution in [0.5, 0.6) is 5.75 Å². The molecule has 0 bridgehead atoms. The third kappa shape index (κ3) is 2.00. The summed E-state index contributed by atoms with van der Waals surface area (Å²) in [6.07, 6.45) is 0. The largest absolute Gasteiger partial charge is 0.491 e. The lowest BCUT2D eigenvalue weighted by Crippen LogP contribution is -2.15. The summed E-state index contributed by atoms with van der Waals surface area (Å²) in [5.41, 5.74) is 5.60. The molecule has 1 rings (SSSR count). The third-order valence-electron chi connectivity index (χ3n) is 1.85. The molecule has 3 N–H and O–H groups in total. The summed E-state index contributed by atoms with van der Waals surface area (Å²) >= 11 is 0. The van der Waals surface area contributed by atoms with E-state index >= 15 is 0 Å². The van der Waals surface area contributed by atoms with Crippen LogP contribution in [0.2, 0.25) is 0 Å². The molecule has 0 saturated heterocycles. The number of aliphatic hydroxyl groups excluding tert-OH is 1. The Hall–Kier alpha value is -1.20. The fourth-order valence-electron chi connectivity index (χ4n) is 1.09. The topological polar surface area (TPSA) is 55.5 Å². The van der Waals surface area contributed by atoms with Crippen molar-refractivity contribution >= 4 is 0 Å². The average molecular weight is 203 g/mol. The van der Waals surface area contributed by atoms with E-state index in [4.69, 9.17) is 10.8 Å². The number of hydrogen-bond donors (Lipinski definition) is 2. The summed E-state index contributed by atoms with van der Waals surface area (Å²) in [5.74, 6) is -2.10. The van der Waals surface area contributed by atoms with E-state index in [1.54, 1.807) is 0 Å². The molecule has 1 aromatic carbocycles. The van der Waals surface area contributed by atoms with Crippen LogP contribution in [0.1, 0.15) is 11.6 Å². The minimum absolute atomic E-state index is 0.198. The summed E-state index contributed by atoms with van der Waals surface area (Å²) in [6.45, 7) is -0.370. The smallest absolute Gasteiger partial charge is 0.190 e. The van der Waals surface area contributed by atoms with Crippen LogP contribution in [0, 0.1) is 11.6 Å². The summed E-state index contributed by atoms with van der Waals surface area (Å²) < 4.78 is 30.7. The molecule has 0 aliphatic heterocycles. The van der Waals surface area contributed by atoms with Crippen LogP contribution in [0.3, 0.4) is 0 Å². The third-order valence-corrected chi connectivity index (χ3v) is 1.85. The SMILES string of the molecule is COc1c(F)cc(C(N)CO)cc1F.